The van der Waals surface area contributed by atoms with Gasteiger partial charge in [-0.2, -0.15) is 26.3 Å². The van der Waals surface area contributed by atoms with E-state index in [1.165, 1.54) is 0 Å². The summed E-state index contributed by atoms with van der Waals surface area (Å²) in [6, 6.07) is 0. The van der Waals surface area contributed by atoms with Gasteiger partial charge in [0.25, 0.3) is 0 Å². The van der Waals surface area contributed by atoms with E-state index in [0.717, 1.165) is 0 Å². The summed E-state index contributed by atoms with van der Waals surface area (Å²) in [7, 11) is 0. The molecule has 8 heteroatoms. The summed E-state index contributed by atoms with van der Waals surface area (Å²) >= 11 is 3.59. The number of aliphatic hydroxyl groups is 1. The molecule has 0 amide bonds. The first-order chi connectivity index (χ1) is 4.50. The average molecular weight is 202 g/mol. The van der Waals surface area contributed by atoms with Crippen molar-refractivity contribution >= 4 is 11.6 Å². The van der Waals surface area contributed by atoms with Crippen LogP contribution in [0.1, 0.15) is 0 Å². The molecular weight excluding hydrogens is 201 g/mol. The zero-order chi connectivity index (χ0) is 9.50. The average Bonchev–Trinajstić information content (AvgIpc) is 1.58. The maximum Gasteiger partial charge on any atom is 0.424 e. The van der Waals surface area contributed by atoms with Crippen molar-refractivity contribution in [3.8, 4) is 0 Å². The Bertz CT molecular complexity index is 129. The molecule has 0 rings (SSSR count). The molecule has 0 aromatic carbocycles. The third-order valence-electron chi connectivity index (χ3n) is 0.734. The molecule has 68 valence electrons. The molecule has 11 heavy (non-hydrogen) atoms. The summed E-state index contributed by atoms with van der Waals surface area (Å²) in [5.74, 6) is -5.97. The zero-order valence-electron chi connectivity index (χ0n) is 4.59. The van der Waals surface area contributed by atoms with Crippen molar-refractivity contribution in [1.82, 2.24) is 0 Å². The molecule has 0 saturated heterocycles. The number of hydrogen-bond donors (Lipinski definition) is 1. The summed E-state index contributed by atoms with van der Waals surface area (Å²) in [4.78, 5) is 0. The van der Waals surface area contributed by atoms with Crippen molar-refractivity contribution in [2.45, 2.75) is 17.4 Å². The fourth-order valence-electron chi connectivity index (χ4n) is 0.171. The minimum Gasteiger partial charge on any atom is -0.331 e. The first-order valence-electron chi connectivity index (χ1n) is 2.05. The van der Waals surface area contributed by atoms with Crippen LogP contribution >= 0.6 is 11.6 Å². The van der Waals surface area contributed by atoms with E-state index in [0.29, 0.717) is 0 Å². The van der Waals surface area contributed by atoms with E-state index in [2.05, 4.69) is 11.6 Å². The predicted molar refractivity (Wildman–Crippen MR) is 22.9 cm³/mol. The Kier molecular flexibility index (Phi) is 2.37. The van der Waals surface area contributed by atoms with Crippen molar-refractivity contribution in [3.05, 3.63) is 0 Å². The Hall–Kier alpha value is -0.170. The molecule has 0 fully saturated rings. The van der Waals surface area contributed by atoms with E-state index in [4.69, 9.17) is 5.11 Å². The van der Waals surface area contributed by atoms with Crippen LogP contribution in [0, 0.1) is 0 Å². The van der Waals surface area contributed by atoms with Gasteiger partial charge >= 0.3 is 17.4 Å². The highest BCUT2D eigenvalue weighted by Crippen LogP contribution is 2.46. The summed E-state index contributed by atoms with van der Waals surface area (Å²) in [6.07, 6.45) is -5.84. The molecule has 0 saturated carbocycles. The maximum atomic E-state index is 11.6. The standard InChI is InChI=1S/C3HClF6O/c4-2(7,8)1(5,6)3(9,10)11/h11H. The normalized spacial score (nSPS) is 15.3. The van der Waals surface area contributed by atoms with Crippen LogP contribution in [0.4, 0.5) is 26.3 Å². The van der Waals surface area contributed by atoms with Crippen LogP contribution in [-0.4, -0.2) is 22.5 Å². The summed E-state index contributed by atoms with van der Waals surface area (Å²) in [6.45, 7) is 0. The largest absolute Gasteiger partial charge is 0.424 e. The molecule has 1 nitrogen and oxygen atoms in total. The predicted octanol–water partition coefficient (Wildman–Crippen LogP) is 2.04. The van der Waals surface area contributed by atoms with Gasteiger partial charge in [0, 0.05) is 0 Å². The van der Waals surface area contributed by atoms with Crippen molar-refractivity contribution in [3.63, 3.8) is 0 Å². The quantitative estimate of drug-likeness (QED) is 0.537. The van der Waals surface area contributed by atoms with Gasteiger partial charge in [-0.25, -0.2) is 0 Å². The second-order valence-corrected chi connectivity index (χ2v) is 2.09. The molecule has 0 bridgehead atoms. The van der Waals surface area contributed by atoms with Crippen LogP contribution in [0.15, 0.2) is 0 Å². The Morgan fingerprint density at radius 1 is 0.909 bits per heavy atom. The minimum atomic E-state index is -5.97. The van der Waals surface area contributed by atoms with Crippen LogP contribution in [0.25, 0.3) is 0 Å². The van der Waals surface area contributed by atoms with Gasteiger partial charge in [-0.3, -0.25) is 0 Å². The fraction of sp³-hybridized carbons (Fsp3) is 1.00. The van der Waals surface area contributed by atoms with E-state index < -0.39 is 17.4 Å². The highest BCUT2D eigenvalue weighted by molar-refractivity contribution is 6.22. The van der Waals surface area contributed by atoms with Gasteiger partial charge < -0.3 is 5.11 Å². The van der Waals surface area contributed by atoms with E-state index in [1.54, 1.807) is 0 Å². The number of alkyl halides is 7. The highest BCUT2D eigenvalue weighted by atomic mass is 35.5. The lowest BCUT2D eigenvalue weighted by atomic mass is 10.3. The molecule has 0 radical (unpaired) electrons. The maximum absolute atomic E-state index is 11.6. The Morgan fingerprint density at radius 3 is 1.18 bits per heavy atom. The number of rotatable bonds is 2. The van der Waals surface area contributed by atoms with E-state index in [-0.39, 0.29) is 0 Å². The fourth-order valence-corrected chi connectivity index (χ4v) is 0.284. The second-order valence-electron chi connectivity index (χ2n) is 1.61. The molecule has 0 unspecified atom stereocenters. The Labute approximate surface area is 61.6 Å². The SMILES string of the molecule is OC(F)(F)C(F)(F)C(F)(F)Cl. The lowest BCUT2D eigenvalue weighted by Gasteiger charge is -2.24. The topological polar surface area (TPSA) is 20.2 Å². The minimum absolute atomic E-state index is 3.59. The van der Waals surface area contributed by atoms with Crippen LogP contribution in [0.3, 0.4) is 0 Å². The van der Waals surface area contributed by atoms with Crippen LogP contribution in [-0.2, 0) is 0 Å². The summed E-state index contributed by atoms with van der Waals surface area (Å²) < 4.78 is 68.3. The zero-order valence-corrected chi connectivity index (χ0v) is 5.35. The van der Waals surface area contributed by atoms with Gasteiger partial charge in [-0.1, -0.05) is 0 Å². The second kappa shape index (κ2) is 2.41. The van der Waals surface area contributed by atoms with Gasteiger partial charge in [-0.05, 0) is 11.6 Å². The molecule has 0 aliphatic heterocycles. The molecule has 0 spiro atoms. The molecular formula is C3HClF6O. The lowest BCUT2D eigenvalue weighted by Crippen LogP contribution is -2.51. The molecule has 1 N–H and O–H groups in total. The molecule has 0 heterocycles. The first-order valence-corrected chi connectivity index (χ1v) is 2.42. The van der Waals surface area contributed by atoms with Crippen molar-refractivity contribution in [2.24, 2.45) is 0 Å². The van der Waals surface area contributed by atoms with Crippen molar-refractivity contribution in [2.75, 3.05) is 0 Å². The van der Waals surface area contributed by atoms with E-state index in [1.807, 2.05) is 0 Å². The van der Waals surface area contributed by atoms with Gasteiger partial charge in [0.2, 0.25) is 0 Å². The van der Waals surface area contributed by atoms with Crippen LogP contribution in [0.5, 0.6) is 0 Å². The Balaban J connectivity index is 4.75. The molecule has 0 aliphatic rings. The van der Waals surface area contributed by atoms with Crippen LogP contribution in [0.2, 0.25) is 0 Å². The molecule has 0 atom stereocenters. The van der Waals surface area contributed by atoms with Gasteiger partial charge in [0.05, 0.1) is 0 Å². The Morgan fingerprint density at radius 2 is 1.18 bits per heavy atom. The number of hydrogen-bond acceptors (Lipinski definition) is 1. The van der Waals surface area contributed by atoms with Crippen molar-refractivity contribution in [1.29, 1.82) is 0 Å². The first kappa shape index (κ1) is 10.8. The third-order valence-corrected chi connectivity index (χ3v) is 0.971. The summed E-state index contributed by atoms with van der Waals surface area (Å²) in [5.41, 5.74) is 0. The molecule has 0 aromatic heterocycles. The lowest BCUT2D eigenvalue weighted by molar-refractivity contribution is -0.365. The third kappa shape index (κ3) is 1.90. The van der Waals surface area contributed by atoms with Crippen LogP contribution < -0.4 is 0 Å². The highest BCUT2D eigenvalue weighted by Gasteiger charge is 2.71. The van der Waals surface area contributed by atoms with Gasteiger partial charge in [0.1, 0.15) is 0 Å². The molecule has 0 aromatic rings. The molecule has 0 aliphatic carbocycles. The van der Waals surface area contributed by atoms with Gasteiger partial charge in [-0.15, -0.1) is 0 Å². The van der Waals surface area contributed by atoms with Crippen molar-refractivity contribution < 1.29 is 31.4 Å². The van der Waals surface area contributed by atoms with Gasteiger partial charge in [0.15, 0.2) is 0 Å². The van der Waals surface area contributed by atoms with E-state index >= 15 is 0 Å². The smallest absolute Gasteiger partial charge is 0.331 e. The monoisotopic (exact) mass is 202 g/mol. The van der Waals surface area contributed by atoms with E-state index in [9.17, 15) is 26.3 Å². The summed E-state index contributed by atoms with van der Waals surface area (Å²) in [5, 5.41) is 1.75. The number of halogens is 7.